The van der Waals surface area contributed by atoms with Crippen LogP contribution in [0.5, 0.6) is 0 Å². The van der Waals surface area contributed by atoms with Gasteiger partial charge in [0.1, 0.15) is 6.33 Å². The molecular weight excluding hydrogens is 196 g/mol. The average Bonchev–Trinajstić information content (AvgIpc) is 2.75. The van der Waals surface area contributed by atoms with Crippen molar-refractivity contribution in [3.8, 4) is 0 Å². The SMILES string of the molecule is O=C(O)C1(n2cnnn2)C[C@H]2CC[C@H]2C1. The number of carboxylic acids is 1. The van der Waals surface area contributed by atoms with Gasteiger partial charge in [0.2, 0.25) is 0 Å². The van der Waals surface area contributed by atoms with Crippen molar-refractivity contribution < 1.29 is 9.90 Å². The maximum atomic E-state index is 11.4. The number of tetrazole rings is 1. The Morgan fingerprint density at radius 1 is 1.40 bits per heavy atom. The topological polar surface area (TPSA) is 80.9 Å². The molecule has 6 heteroatoms. The van der Waals surface area contributed by atoms with E-state index in [9.17, 15) is 9.90 Å². The Balaban J connectivity index is 2.00. The number of aliphatic carboxylic acids is 1. The molecule has 2 fully saturated rings. The quantitative estimate of drug-likeness (QED) is 0.754. The normalized spacial score (nSPS) is 38.4. The molecule has 0 radical (unpaired) electrons. The summed E-state index contributed by atoms with van der Waals surface area (Å²) in [4.78, 5) is 11.4. The van der Waals surface area contributed by atoms with Gasteiger partial charge in [0.25, 0.3) is 0 Å². The monoisotopic (exact) mass is 208 g/mol. The fourth-order valence-electron chi connectivity index (χ4n) is 2.94. The molecule has 1 aromatic heterocycles. The number of rotatable bonds is 2. The van der Waals surface area contributed by atoms with E-state index in [2.05, 4.69) is 15.5 Å². The minimum Gasteiger partial charge on any atom is -0.479 e. The molecule has 0 saturated heterocycles. The first-order valence-electron chi connectivity index (χ1n) is 5.19. The van der Waals surface area contributed by atoms with Crippen LogP contribution in [0.4, 0.5) is 0 Å². The molecular formula is C9H12N4O2. The second-order valence-electron chi connectivity index (χ2n) is 4.60. The van der Waals surface area contributed by atoms with E-state index >= 15 is 0 Å². The van der Waals surface area contributed by atoms with E-state index < -0.39 is 11.5 Å². The molecule has 15 heavy (non-hydrogen) atoms. The van der Waals surface area contributed by atoms with E-state index in [1.807, 2.05) is 0 Å². The highest BCUT2D eigenvalue weighted by Crippen LogP contribution is 2.54. The third-order valence-corrected chi connectivity index (χ3v) is 3.96. The van der Waals surface area contributed by atoms with Gasteiger partial charge in [0.05, 0.1) is 0 Å². The smallest absolute Gasteiger partial charge is 0.331 e. The number of hydrogen-bond donors (Lipinski definition) is 1. The molecule has 1 heterocycles. The van der Waals surface area contributed by atoms with Crippen LogP contribution in [-0.4, -0.2) is 31.3 Å². The number of nitrogens with zero attached hydrogens (tertiary/aromatic N) is 4. The summed E-state index contributed by atoms with van der Waals surface area (Å²) >= 11 is 0. The largest absolute Gasteiger partial charge is 0.479 e. The summed E-state index contributed by atoms with van der Waals surface area (Å²) in [5, 5.41) is 20.2. The van der Waals surface area contributed by atoms with Gasteiger partial charge in [0, 0.05) is 0 Å². The van der Waals surface area contributed by atoms with E-state index in [4.69, 9.17) is 0 Å². The van der Waals surface area contributed by atoms with Crippen LogP contribution in [0.3, 0.4) is 0 Å². The second-order valence-corrected chi connectivity index (χ2v) is 4.60. The summed E-state index contributed by atoms with van der Waals surface area (Å²) in [5.41, 5.74) is -0.880. The molecule has 80 valence electrons. The van der Waals surface area contributed by atoms with Crippen LogP contribution in [0.1, 0.15) is 25.7 Å². The maximum Gasteiger partial charge on any atom is 0.331 e. The maximum absolute atomic E-state index is 11.4. The molecule has 1 unspecified atom stereocenters. The summed E-state index contributed by atoms with van der Waals surface area (Å²) in [7, 11) is 0. The van der Waals surface area contributed by atoms with Crippen molar-refractivity contribution in [3.63, 3.8) is 0 Å². The zero-order valence-electron chi connectivity index (χ0n) is 8.20. The van der Waals surface area contributed by atoms with Crippen molar-refractivity contribution in [1.82, 2.24) is 20.2 Å². The van der Waals surface area contributed by atoms with Crippen molar-refractivity contribution in [2.75, 3.05) is 0 Å². The average molecular weight is 208 g/mol. The van der Waals surface area contributed by atoms with Gasteiger partial charge >= 0.3 is 5.97 Å². The highest BCUT2D eigenvalue weighted by atomic mass is 16.4. The van der Waals surface area contributed by atoms with Gasteiger partial charge in [-0.2, -0.15) is 0 Å². The highest BCUT2D eigenvalue weighted by Gasteiger charge is 2.55. The van der Waals surface area contributed by atoms with Gasteiger partial charge in [-0.15, -0.1) is 5.10 Å². The first-order valence-corrected chi connectivity index (χ1v) is 5.19. The highest BCUT2D eigenvalue weighted by molar-refractivity contribution is 5.77. The zero-order valence-corrected chi connectivity index (χ0v) is 8.20. The van der Waals surface area contributed by atoms with E-state index in [0.29, 0.717) is 24.7 Å². The zero-order chi connectivity index (χ0) is 10.5. The summed E-state index contributed by atoms with van der Waals surface area (Å²) in [6, 6.07) is 0. The lowest BCUT2D eigenvalue weighted by Crippen LogP contribution is -2.40. The Kier molecular flexibility index (Phi) is 1.63. The molecule has 2 aliphatic carbocycles. The molecule has 2 aliphatic rings. The lowest BCUT2D eigenvalue weighted by atomic mass is 9.77. The summed E-state index contributed by atoms with van der Waals surface area (Å²) in [5.74, 6) is 0.319. The third-order valence-electron chi connectivity index (χ3n) is 3.96. The van der Waals surface area contributed by atoms with Crippen LogP contribution in [-0.2, 0) is 10.3 Å². The first kappa shape index (κ1) is 8.82. The molecule has 0 aliphatic heterocycles. The summed E-state index contributed by atoms with van der Waals surface area (Å²) in [6.45, 7) is 0. The fourth-order valence-corrected chi connectivity index (χ4v) is 2.94. The number of carbonyl (C=O) groups is 1. The molecule has 3 rings (SSSR count). The van der Waals surface area contributed by atoms with Crippen LogP contribution in [0, 0.1) is 11.8 Å². The minimum atomic E-state index is -0.880. The standard InChI is InChI=1S/C9H12N4O2/c14-8(15)9(13-5-10-11-12-13)3-6-1-2-7(6)4-9/h5-7H,1-4H2,(H,14,15)/t6-,7+,9?. The third kappa shape index (κ3) is 1.04. The van der Waals surface area contributed by atoms with E-state index in [1.165, 1.54) is 11.0 Å². The van der Waals surface area contributed by atoms with Gasteiger partial charge in [-0.05, 0) is 47.9 Å². The van der Waals surface area contributed by atoms with Crippen molar-refractivity contribution in [1.29, 1.82) is 0 Å². The Morgan fingerprint density at radius 3 is 2.47 bits per heavy atom. The summed E-state index contributed by atoms with van der Waals surface area (Å²) < 4.78 is 1.42. The van der Waals surface area contributed by atoms with Crippen LogP contribution < -0.4 is 0 Å². The Labute approximate surface area is 86.3 Å². The predicted octanol–water partition coefficient (Wildman–Crippen LogP) is 0.273. The Hall–Kier alpha value is -1.46. The molecule has 6 nitrogen and oxygen atoms in total. The Morgan fingerprint density at radius 2 is 2.07 bits per heavy atom. The molecule has 1 N–H and O–H groups in total. The fraction of sp³-hybridized carbons (Fsp3) is 0.778. The number of aromatic nitrogens is 4. The van der Waals surface area contributed by atoms with Crippen LogP contribution in [0.15, 0.2) is 6.33 Å². The van der Waals surface area contributed by atoms with Crippen molar-refractivity contribution in [3.05, 3.63) is 6.33 Å². The number of hydrogen-bond acceptors (Lipinski definition) is 4. The second kappa shape index (κ2) is 2.77. The van der Waals surface area contributed by atoms with Crippen LogP contribution >= 0.6 is 0 Å². The molecule has 0 aromatic carbocycles. The lowest BCUT2D eigenvalue weighted by molar-refractivity contribution is -0.148. The van der Waals surface area contributed by atoms with Crippen molar-refractivity contribution >= 4 is 5.97 Å². The lowest BCUT2D eigenvalue weighted by Gasteiger charge is -2.28. The number of carboxylic acid groups (broad SMARTS) is 1. The molecule has 1 aromatic rings. The van der Waals surface area contributed by atoms with Gasteiger partial charge in [0.15, 0.2) is 5.54 Å². The van der Waals surface area contributed by atoms with Crippen LogP contribution in [0.25, 0.3) is 0 Å². The van der Waals surface area contributed by atoms with Crippen LogP contribution in [0.2, 0.25) is 0 Å². The Bertz CT molecular complexity index is 377. The van der Waals surface area contributed by atoms with E-state index in [-0.39, 0.29) is 0 Å². The molecule has 0 bridgehead atoms. The van der Waals surface area contributed by atoms with E-state index in [1.54, 1.807) is 0 Å². The van der Waals surface area contributed by atoms with Gasteiger partial charge < -0.3 is 5.11 Å². The van der Waals surface area contributed by atoms with Crippen molar-refractivity contribution in [2.45, 2.75) is 31.2 Å². The molecule has 0 amide bonds. The number of fused-ring (bicyclic) bond motifs is 1. The van der Waals surface area contributed by atoms with Gasteiger partial charge in [-0.1, -0.05) is 0 Å². The van der Waals surface area contributed by atoms with Crippen molar-refractivity contribution in [2.24, 2.45) is 11.8 Å². The van der Waals surface area contributed by atoms with Gasteiger partial charge in [-0.25, -0.2) is 9.48 Å². The molecule has 3 atom stereocenters. The first-order chi connectivity index (χ1) is 7.22. The minimum absolute atomic E-state index is 0.560. The van der Waals surface area contributed by atoms with Gasteiger partial charge in [-0.3, -0.25) is 0 Å². The predicted molar refractivity (Wildman–Crippen MR) is 48.9 cm³/mol. The summed E-state index contributed by atoms with van der Waals surface area (Å²) in [6.07, 6.45) is 5.08. The van der Waals surface area contributed by atoms with E-state index in [0.717, 1.165) is 12.8 Å². The molecule has 0 spiro atoms. The molecule has 2 saturated carbocycles.